The predicted molar refractivity (Wildman–Crippen MR) is 66.1 cm³/mol. The lowest BCUT2D eigenvalue weighted by atomic mass is 10.2. The summed E-state index contributed by atoms with van der Waals surface area (Å²) < 4.78 is 1.03. The Labute approximate surface area is 96.8 Å². The van der Waals surface area contributed by atoms with Gasteiger partial charge >= 0.3 is 0 Å². The Balaban J connectivity index is 2.12. The molecule has 1 aromatic heterocycles. The van der Waals surface area contributed by atoms with E-state index in [0.717, 1.165) is 15.7 Å². The molecular weight excluding hydrogens is 252 g/mol. The van der Waals surface area contributed by atoms with Crippen LogP contribution in [0.4, 0.5) is 5.69 Å². The Morgan fingerprint density at radius 2 is 2.20 bits per heavy atom. The van der Waals surface area contributed by atoms with Gasteiger partial charge in [0.1, 0.15) is 0 Å². The quantitative estimate of drug-likeness (QED) is 0.895. The molecule has 1 saturated carbocycles. The van der Waals surface area contributed by atoms with Crippen LogP contribution in [0.15, 0.2) is 34.9 Å². The molecule has 15 heavy (non-hydrogen) atoms. The van der Waals surface area contributed by atoms with E-state index < -0.39 is 0 Å². The highest BCUT2D eigenvalue weighted by molar-refractivity contribution is 9.10. The molecule has 76 valence electrons. The SMILES string of the molecule is Brc1cnc2c(NC3CC3)cccc2c1. The number of fused-ring (bicyclic) bond motifs is 1. The zero-order chi connectivity index (χ0) is 10.3. The van der Waals surface area contributed by atoms with Crippen molar-refractivity contribution in [3.05, 3.63) is 34.9 Å². The van der Waals surface area contributed by atoms with Gasteiger partial charge in [-0.2, -0.15) is 0 Å². The molecule has 0 bridgehead atoms. The van der Waals surface area contributed by atoms with Crippen molar-refractivity contribution in [1.29, 1.82) is 0 Å². The monoisotopic (exact) mass is 262 g/mol. The number of rotatable bonds is 2. The number of halogens is 1. The number of para-hydroxylation sites is 1. The first-order valence-electron chi connectivity index (χ1n) is 5.14. The highest BCUT2D eigenvalue weighted by atomic mass is 79.9. The van der Waals surface area contributed by atoms with E-state index in [0.29, 0.717) is 6.04 Å². The number of anilines is 1. The highest BCUT2D eigenvalue weighted by Crippen LogP contribution is 2.29. The lowest BCUT2D eigenvalue weighted by Gasteiger charge is -2.07. The first kappa shape index (κ1) is 9.16. The van der Waals surface area contributed by atoms with E-state index in [-0.39, 0.29) is 0 Å². The first-order chi connectivity index (χ1) is 7.33. The molecular formula is C12H11BrN2. The fraction of sp³-hybridized carbons (Fsp3) is 0.250. The van der Waals surface area contributed by atoms with Crippen molar-refractivity contribution in [2.24, 2.45) is 0 Å². The van der Waals surface area contributed by atoms with Gasteiger partial charge in [-0.3, -0.25) is 4.98 Å². The molecule has 0 spiro atoms. The van der Waals surface area contributed by atoms with Crippen LogP contribution in [0.5, 0.6) is 0 Å². The first-order valence-corrected chi connectivity index (χ1v) is 5.93. The molecule has 0 amide bonds. The Morgan fingerprint density at radius 1 is 1.33 bits per heavy atom. The molecule has 1 heterocycles. The maximum Gasteiger partial charge on any atom is 0.0934 e. The van der Waals surface area contributed by atoms with E-state index >= 15 is 0 Å². The number of hydrogen-bond acceptors (Lipinski definition) is 2. The Kier molecular flexibility index (Phi) is 2.13. The van der Waals surface area contributed by atoms with Crippen LogP contribution in [0.2, 0.25) is 0 Å². The third-order valence-corrected chi connectivity index (χ3v) is 3.05. The lowest BCUT2D eigenvalue weighted by molar-refractivity contribution is 1.16. The number of benzene rings is 1. The van der Waals surface area contributed by atoms with Crippen molar-refractivity contribution < 1.29 is 0 Å². The number of nitrogens with one attached hydrogen (secondary N) is 1. The standard InChI is InChI=1S/C12H11BrN2/c13-9-6-8-2-1-3-11(12(8)14-7-9)15-10-4-5-10/h1-3,6-7,10,15H,4-5H2. The summed E-state index contributed by atoms with van der Waals surface area (Å²) in [6.45, 7) is 0. The van der Waals surface area contributed by atoms with Crippen LogP contribution in [-0.2, 0) is 0 Å². The van der Waals surface area contributed by atoms with Gasteiger partial charge in [-0.1, -0.05) is 12.1 Å². The molecule has 0 aliphatic heterocycles. The summed E-state index contributed by atoms with van der Waals surface area (Å²) in [5.74, 6) is 0. The number of pyridine rings is 1. The molecule has 1 aliphatic rings. The van der Waals surface area contributed by atoms with Crippen molar-refractivity contribution in [3.63, 3.8) is 0 Å². The van der Waals surface area contributed by atoms with Gasteiger partial charge < -0.3 is 5.32 Å². The molecule has 0 radical (unpaired) electrons. The second kappa shape index (κ2) is 3.49. The van der Waals surface area contributed by atoms with Crippen LogP contribution in [-0.4, -0.2) is 11.0 Å². The third kappa shape index (κ3) is 1.84. The zero-order valence-corrected chi connectivity index (χ0v) is 9.79. The van der Waals surface area contributed by atoms with Crippen LogP contribution in [0, 0.1) is 0 Å². The fourth-order valence-electron chi connectivity index (χ4n) is 1.70. The van der Waals surface area contributed by atoms with E-state index in [9.17, 15) is 0 Å². The lowest BCUT2D eigenvalue weighted by Crippen LogP contribution is -2.01. The minimum atomic E-state index is 0.668. The van der Waals surface area contributed by atoms with Crippen molar-refractivity contribution in [2.75, 3.05) is 5.32 Å². The molecule has 1 N–H and O–H groups in total. The molecule has 0 unspecified atom stereocenters. The summed E-state index contributed by atoms with van der Waals surface area (Å²) in [6, 6.07) is 9.02. The van der Waals surface area contributed by atoms with E-state index in [4.69, 9.17) is 0 Å². The summed E-state index contributed by atoms with van der Waals surface area (Å²) in [7, 11) is 0. The molecule has 3 heteroatoms. The molecule has 0 saturated heterocycles. The average Bonchev–Trinajstić information content (AvgIpc) is 3.01. The number of nitrogens with zero attached hydrogens (tertiary/aromatic N) is 1. The smallest absolute Gasteiger partial charge is 0.0934 e. The molecule has 0 atom stereocenters. The largest absolute Gasteiger partial charge is 0.381 e. The molecule has 1 aromatic carbocycles. The normalized spacial score (nSPS) is 15.5. The van der Waals surface area contributed by atoms with E-state index in [1.165, 1.54) is 18.2 Å². The molecule has 1 fully saturated rings. The van der Waals surface area contributed by atoms with Gasteiger partial charge in [0.05, 0.1) is 11.2 Å². The number of hydrogen-bond donors (Lipinski definition) is 1. The topological polar surface area (TPSA) is 24.9 Å². The summed E-state index contributed by atoms with van der Waals surface area (Å²) in [6.07, 6.45) is 4.42. The summed E-state index contributed by atoms with van der Waals surface area (Å²) in [5.41, 5.74) is 2.22. The van der Waals surface area contributed by atoms with E-state index in [2.05, 4.69) is 50.5 Å². The minimum absolute atomic E-state index is 0.668. The second-order valence-corrected chi connectivity index (χ2v) is 4.87. The summed E-state index contributed by atoms with van der Waals surface area (Å²) in [4.78, 5) is 4.45. The van der Waals surface area contributed by atoms with Crippen LogP contribution in [0.3, 0.4) is 0 Å². The zero-order valence-electron chi connectivity index (χ0n) is 8.20. The average molecular weight is 263 g/mol. The second-order valence-electron chi connectivity index (χ2n) is 3.95. The van der Waals surface area contributed by atoms with Crippen LogP contribution in [0.1, 0.15) is 12.8 Å². The van der Waals surface area contributed by atoms with Crippen LogP contribution < -0.4 is 5.32 Å². The molecule has 2 aromatic rings. The fourth-order valence-corrected chi connectivity index (χ4v) is 2.05. The van der Waals surface area contributed by atoms with Gasteiger partial charge in [-0.15, -0.1) is 0 Å². The maximum absolute atomic E-state index is 4.45. The summed E-state index contributed by atoms with van der Waals surface area (Å²) >= 11 is 3.44. The molecule has 2 nitrogen and oxygen atoms in total. The number of aromatic nitrogens is 1. The van der Waals surface area contributed by atoms with E-state index in [1.807, 2.05) is 6.20 Å². The Hall–Kier alpha value is -1.09. The van der Waals surface area contributed by atoms with Crippen molar-refractivity contribution in [1.82, 2.24) is 4.98 Å². The predicted octanol–water partition coefficient (Wildman–Crippen LogP) is 3.57. The highest BCUT2D eigenvalue weighted by Gasteiger charge is 2.21. The van der Waals surface area contributed by atoms with Crippen molar-refractivity contribution >= 4 is 32.5 Å². The van der Waals surface area contributed by atoms with Crippen molar-refractivity contribution in [2.45, 2.75) is 18.9 Å². The van der Waals surface area contributed by atoms with Gasteiger partial charge in [0.15, 0.2) is 0 Å². The van der Waals surface area contributed by atoms with Gasteiger partial charge in [-0.25, -0.2) is 0 Å². The van der Waals surface area contributed by atoms with Gasteiger partial charge in [0.25, 0.3) is 0 Å². The summed E-state index contributed by atoms with van der Waals surface area (Å²) in [5, 5.41) is 4.68. The molecule has 3 rings (SSSR count). The Morgan fingerprint density at radius 3 is 3.00 bits per heavy atom. The molecule has 1 aliphatic carbocycles. The van der Waals surface area contributed by atoms with Gasteiger partial charge in [0, 0.05) is 22.1 Å². The van der Waals surface area contributed by atoms with Gasteiger partial charge in [0.2, 0.25) is 0 Å². The third-order valence-electron chi connectivity index (χ3n) is 2.61. The van der Waals surface area contributed by atoms with Crippen LogP contribution in [0.25, 0.3) is 10.9 Å². The van der Waals surface area contributed by atoms with Crippen LogP contribution >= 0.6 is 15.9 Å². The minimum Gasteiger partial charge on any atom is -0.381 e. The maximum atomic E-state index is 4.45. The van der Waals surface area contributed by atoms with Gasteiger partial charge in [-0.05, 0) is 40.9 Å². The van der Waals surface area contributed by atoms with Crippen molar-refractivity contribution in [3.8, 4) is 0 Å². The van der Waals surface area contributed by atoms with E-state index in [1.54, 1.807) is 0 Å². The Bertz CT molecular complexity index is 506.